The highest BCUT2D eigenvalue weighted by Crippen LogP contribution is 2.47. The van der Waals surface area contributed by atoms with Crippen LogP contribution in [0.2, 0.25) is 0 Å². The summed E-state index contributed by atoms with van der Waals surface area (Å²) in [5.74, 6) is 0. The highest BCUT2D eigenvalue weighted by Gasteiger charge is 2.56. The molecule has 0 aliphatic carbocycles. The van der Waals surface area contributed by atoms with E-state index in [0.717, 1.165) is 54.3 Å². The van der Waals surface area contributed by atoms with Crippen molar-refractivity contribution in [2.75, 3.05) is 0 Å². The molecule has 0 spiro atoms. The molecule has 0 fully saturated rings. The summed E-state index contributed by atoms with van der Waals surface area (Å²) in [6, 6.07) is 6.17. The first-order valence-electron chi connectivity index (χ1n) is 10.3. The molecule has 0 radical (unpaired) electrons. The Labute approximate surface area is 199 Å². The first kappa shape index (κ1) is 22.0. The molecule has 2 nitrogen and oxygen atoms in total. The molecule has 0 saturated carbocycles. The summed E-state index contributed by atoms with van der Waals surface area (Å²) in [4.78, 5) is 0. The van der Waals surface area contributed by atoms with Gasteiger partial charge in [0.1, 0.15) is 5.71 Å². The first-order valence-corrected chi connectivity index (χ1v) is 12.2. The normalized spacial score (nSPS) is 17.8. The van der Waals surface area contributed by atoms with E-state index in [0.29, 0.717) is 22.8 Å². The second-order valence-electron chi connectivity index (χ2n) is 8.14. The third-order valence-corrected chi connectivity index (χ3v) is 7.73. The van der Waals surface area contributed by atoms with E-state index in [4.69, 9.17) is 0 Å². The molecule has 7 heteroatoms. The zero-order valence-corrected chi connectivity index (χ0v) is 21.9. The van der Waals surface area contributed by atoms with Crippen LogP contribution in [0.4, 0.5) is 8.63 Å². The van der Waals surface area contributed by atoms with E-state index in [2.05, 4.69) is 44.6 Å². The van der Waals surface area contributed by atoms with E-state index in [1.165, 1.54) is 8.96 Å². The number of aromatic nitrogens is 1. The van der Waals surface area contributed by atoms with E-state index in [1.54, 1.807) is 0 Å². The molecule has 0 atom stereocenters. The van der Waals surface area contributed by atoms with Crippen molar-refractivity contribution in [2.45, 2.75) is 54.4 Å². The molecular weight excluding hydrogens is 560 g/mol. The van der Waals surface area contributed by atoms with E-state index in [1.807, 2.05) is 53.7 Å². The van der Waals surface area contributed by atoms with Crippen LogP contribution in [0.5, 0.6) is 0 Å². The van der Waals surface area contributed by atoms with Gasteiger partial charge in [0.05, 0.1) is 5.57 Å². The van der Waals surface area contributed by atoms with Crippen LogP contribution in [-0.2, 0) is 6.42 Å². The average Bonchev–Trinajstić information content (AvgIpc) is 3.06. The zero-order chi connectivity index (χ0) is 22.1. The van der Waals surface area contributed by atoms with Crippen molar-refractivity contribution in [1.29, 1.82) is 0 Å². The van der Waals surface area contributed by atoms with Gasteiger partial charge in [0.15, 0.2) is 5.70 Å². The lowest BCUT2D eigenvalue weighted by Gasteiger charge is -2.34. The number of nitrogens with zero attached hydrogens (tertiary/aromatic N) is 2. The van der Waals surface area contributed by atoms with Crippen molar-refractivity contribution in [3.05, 3.63) is 71.2 Å². The van der Waals surface area contributed by atoms with Crippen molar-refractivity contribution < 1.29 is 13.1 Å². The topological polar surface area (TPSA) is 7.94 Å². The Bertz CT molecular complexity index is 1180. The van der Waals surface area contributed by atoms with Crippen molar-refractivity contribution >= 4 is 56.8 Å². The lowest BCUT2D eigenvalue weighted by Crippen LogP contribution is -2.51. The number of allylic oxidation sites excluding steroid dienone is 2. The smallest absolute Gasteiger partial charge is 0.393 e. The molecule has 0 bridgehead atoms. The fourth-order valence-electron chi connectivity index (χ4n) is 5.45. The van der Waals surface area contributed by atoms with E-state index in [-0.39, 0.29) is 0 Å². The largest absolute Gasteiger partial charge is 0.737 e. The number of halogens is 4. The van der Waals surface area contributed by atoms with Crippen LogP contribution in [0, 0.1) is 17.4 Å². The lowest BCUT2D eigenvalue weighted by molar-refractivity contribution is -0.363. The minimum atomic E-state index is -3.98. The molecule has 0 N–H and O–H groups in total. The molecule has 3 heterocycles. The van der Waals surface area contributed by atoms with E-state index in [9.17, 15) is 0 Å². The fraction of sp³-hybridized carbons (Fsp3) is 0.348. The molecule has 2 aromatic rings. The second-order valence-corrected chi connectivity index (χ2v) is 10.3. The van der Waals surface area contributed by atoms with E-state index >= 15 is 8.63 Å². The Balaban J connectivity index is 2.25. The molecule has 2 aliphatic rings. The second kappa shape index (κ2) is 7.43. The quantitative estimate of drug-likeness (QED) is 0.265. The van der Waals surface area contributed by atoms with Crippen LogP contribution in [0.25, 0.3) is 5.57 Å². The molecule has 0 amide bonds. The predicted octanol–water partition coefficient (Wildman–Crippen LogP) is 7.24. The standard InChI is InChI=1S/C23H25BBrF2IN2/c1-7-19-12(3)22-21(16-9-17(25)11-18(28)10-16)23-13(4)20(8-2)15(6)30(23)24(26,27)29(22)14(19)5/h9-11H,7-8H2,1-6H3. The summed E-state index contributed by atoms with van der Waals surface area (Å²) in [5, 5.41) is 0. The number of fused-ring (bicyclic) bond motifs is 2. The Morgan fingerprint density at radius 2 is 1.73 bits per heavy atom. The van der Waals surface area contributed by atoms with Gasteiger partial charge in [-0.15, -0.1) is 0 Å². The Kier molecular flexibility index (Phi) is 5.45. The molecule has 4 rings (SSSR count). The van der Waals surface area contributed by atoms with Gasteiger partial charge in [-0.25, -0.2) is 0 Å². The summed E-state index contributed by atoms with van der Waals surface area (Å²) >= 11 is 5.90. The maximum atomic E-state index is 16.2. The highest BCUT2D eigenvalue weighted by molar-refractivity contribution is 14.1. The number of benzene rings is 1. The van der Waals surface area contributed by atoms with Crippen LogP contribution in [0.1, 0.15) is 62.2 Å². The molecular formula is C23H25BBrF2IN2. The van der Waals surface area contributed by atoms with Crippen LogP contribution >= 0.6 is 38.5 Å². The molecule has 2 aliphatic heterocycles. The third-order valence-electron chi connectivity index (χ3n) is 6.65. The van der Waals surface area contributed by atoms with Gasteiger partial charge >= 0.3 is 6.97 Å². The summed E-state index contributed by atoms with van der Waals surface area (Å²) in [6.45, 7) is 7.77. The number of hydrogen-bond donors (Lipinski definition) is 0. The molecule has 0 unspecified atom stereocenters. The van der Waals surface area contributed by atoms with Crippen molar-refractivity contribution in [1.82, 2.24) is 4.48 Å². The van der Waals surface area contributed by atoms with E-state index < -0.39 is 6.97 Å². The molecule has 30 heavy (non-hydrogen) atoms. The van der Waals surface area contributed by atoms with Gasteiger partial charge in [-0.1, -0.05) is 29.8 Å². The van der Waals surface area contributed by atoms with Crippen molar-refractivity contribution in [3.8, 4) is 0 Å². The van der Waals surface area contributed by atoms with Gasteiger partial charge in [-0.2, -0.15) is 0 Å². The molecule has 1 aromatic heterocycles. The first-order chi connectivity index (χ1) is 14.1. The SMILES string of the molecule is CCC1=C(C)C2=C(c3cc(Br)cc(I)c3)c3c(C)c(CC)c(C)n3[B-](F)(F)[N+]2=C1C. The van der Waals surface area contributed by atoms with Gasteiger partial charge in [0.25, 0.3) is 0 Å². The molecule has 1 aromatic carbocycles. The number of hydrogen-bond acceptors (Lipinski definition) is 0. The molecule has 0 saturated heterocycles. The monoisotopic (exact) mass is 584 g/mol. The Morgan fingerprint density at radius 1 is 1.07 bits per heavy atom. The minimum Gasteiger partial charge on any atom is -0.393 e. The zero-order valence-electron chi connectivity index (χ0n) is 18.1. The predicted molar refractivity (Wildman–Crippen MR) is 133 cm³/mol. The van der Waals surface area contributed by atoms with Crippen LogP contribution < -0.4 is 0 Å². The van der Waals surface area contributed by atoms with Gasteiger partial charge in [0, 0.05) is 31.8 Å². The van der Waals surface area contributed by atoms with Gasteiger partial charge < -0.3 is 17.6 Å². The maximum absolute atomic E-state index is 16.2. The number of rotatable bonds is 3. The Hall–Kier alpha value is -1.22. The third kappa shape index (κ3) is 2.87. The summed E-state index contributed by atoms with van der Waals surface area (Å²) in [7, 11) is 0. The minimum absolute atomic E-state index is 0.666. The van der Waals surface area contributed by atoms with Crippen LogP contribution in [-0.4, -0.2) is 21.6 Å². The Morgan fingerprint density at radius 3 is 2.30 bits per heavy atom. The van der Waals surface area contributed by atoms with Gasteiger partial charge in [-0.3, -0.25) is 0 Å². The summed E-state index contributed by atoms with van der Waals surface area (Å²) < 4.78 is 37.0. The lowest BCUT2D eigenvalue weighted by atomic mass is 9.83. The van der Waals surface area contributed by atoms with Crippen molar-refractivity contribution in [3.63, 3.8) is 0 Å². The molecule has 158 valence electrons. The highest BCUT2D eigenvalue weighted by atomic mass is 127. The van der Waals surface area contributed by atoms with Gasteiger partial charge in [0.2, 0.25) is 0 Å². The summed E-state index contributed by atoms with van der Waals surface area (Å²) in [5.41, 5.74) is 8.51. The summed E-state index contributed by atoms with van der Waals surface area (Å²) in [6.07, 6.45) is 1.47. The maximum Gasteiger partial charge on any atom is 0.737 e. The van der Waals surface area contributed by atoms with Crippen LogP contribution in [0.15, 0.2) is 39.5 Å². The fourth-order valence-corrected chi connectivity index (χ4v) is 7.04. The van der Waals surface area contributed by atoms with Crippen LogP contribution in [0.3, 0.4) is 0 Å². The average molecular weight is 585 g/mol. The van der Waals surface area contributed by atoms with Crippen molar-refractivity contribution in [2.24, 2.45) is 0 Å². The van der Waals surface area contributed by atoms with Gasteiger partial charge in [-0.05, 0) is 96.8 Å².